The normalized spacial score (nSPS) is 24.7. The lowest BCUT2D eigenvalue weighted by Crippen LogP contribution is -2.57. The summed E-state index contributed by atoms with van der Waals surface area (Å²) in [6, 6.07) is -1.79. The molecule has 2 amide bonds. The Hall–Kier alpha value is -1.93. The third kappa shape index (κ3) is 8.58. The third-order valence-electron chi connectivity index (χ3n) is 8.82. The summed E-state index contributed by atoms with van der Waals surface area (Å²) < 4.78 is 4.33. The number of piperidine rings is 1. The van der Waals surface area contributed by atoms with E-state index < -0.39 is 51.5 Å². The summed E-state index contributed by atoms with van der Waals surface area (Å²) in [7, 11) is 0. The molecule has 1 N–H and O–H groups in total. The number of ketones is 3. The Kier molecular flexibility index (Phi) is 12.1. The topological polar surface area (TPSA) is 110 Å². The monoisotopic (exact) mass is 626 g/mol. The lowest BCUT2D eigenvalue weighted by Gasteiger charge is -2.36. The molecule has 0 aromatic heterocycles. The van der Waals surface area contributed by atoms with Crippen LogP contribution in [0.5, 0.6) is 0 Å². The molecule has 0 aromatic rings. The lowest BCUT2D eigenvalue weighted by molar-refractivity contribution is -0.144. The zero-order chi connectivity index (χ0) is 31.2. The summed E-state index contributed by atoms with van der Waals surface area (Å²) in [6.07, 6.45) is 8.69. The first-order valence-corrected chi connectivity index (χ1v) is 16.4. The number of rotatable bonds is 15. The van der Waals surface area contributed by atoms with Gasteiger partial charge in [-0.2, -0.15) is 0 Å². The van der Waals surface area contributed by atoms with Gasteiger partial charge in [-0.3, -0.25) is 19.2 Å². The number of amides is 2. The summed E-state index contributed by atoms with van der Waals surface area (Å²) in [5.41, 5.74) is -0.740. The zero-order valence-electron chi connectivity index (χ0n) is 25.6. The molecular weight excluding hydrogens is 579 g/mol. The highest BCUT2D eigenvalue weighted by atomic mass is 35.5. The minimum atomic E-state index is -1.15. The average Bonchev–Trinajstić information content (AvgIpc) is 3.24. The van der Waals surface area contributed by atoms with Gasteiger partial charge >= 0.3 is 6.09 Å². The molecule has 1 unspecified atom stereocenters. The molecule has 236 valence electrons. The number of unbranched alkanes of at least 4 members (excludes halogenated alkanes) is 2. The van der Waals surface area contributed by atoms with E-state index in [0.29, 0.717) is 19.3 Å². The number of ether oxygens (including phenoxy) is 1. The summed E-state index contributed by atoms with van der Waals surface area (Å²) in [4.78, 5) is 68.3. The van der Waals surface area contributed by atoms with Crippen molar-refractivity contribution < 1.29 is 28.7 Å². The molecule has 1 saturated heterocycles. The first kappa shape index (κ1) is 34.6. The number of nitrogens with zero attached hydrogens (tertiary/aromatic N) is 1. The SMILES string of the molecule is C=CCCC(CC(=O)[C@@H]1[C@@H]2[C@H](CN1C(=O)[C@@H](NC(=O)OC(C)(C)C)C1CCCCC1)C2(Cl)Cl)C(=O)C(=O)CCCCC. The zero-order valence-corrected chi connectivity index (χ0v) is 27.1. The van der Waals surface area contributed by atoms with Crippen LogP contribution in [0.1, 0.15) is 105 Å². The van der Waals surface area contributed by atoms with Crippen molar-refractivity contribution >= 4 is 52.6 Å². The van der Waals surface area contributed by atoms with E-state index >= 15 is 0 Å². The number of nitrogens with one attached hydrogen (secondary N) is 1. The van der Waals surface area contributed by atoms with Gasteiger partial charge in [-0.15, -0.1) is 29.8 Å². The highest BCUT2D eigenvalue weighted by molar-refractivity contribution is 6.51. The number of halogens is 2. The van der Waals surface area contributed by atoms with Crippen molar-refractivity contribution in [1.29, 1.82) is 0 Å². The Morgan fingerprint density at radius 3 is 2.36 bits per heavy atom. The standard InChI is InChI=1S/C32H48Cl2N2O6/c1-6-8-11-17-23(37)28(39)21(14-9-7-2)18-24(38)27-25-22(32(25,33)34)19-36(27)29(40)26(20-15-12-10-13-16-20)35-30(41)42-31(3,4)5/h7,20-22,25-27H,2,6,8-19H2,1,3-5H3,(H,35,41)/t21?,22-,25-,26-,27+/m0/s1. The van der Waals surface area contributed by atoms with Gasteiger partial charge in [-0.05, 0) is 58.8 Å². The second-order valence-electron chi connectivity index (χ2n) is 13.2. The van der Waals surface area contributed by atoms with Gasteiger partial charge in [0.15, 0.2) is 11.6 Å². The highest BCUT2D eigenvalue weighted by Crippen LogP contribution is 2.65. The summed E-state index contributed by atoms with van der Waals surface area (Å²) in [5, 5.41) is 2.82. The van der Waals surface area contributed by atoms with Crippen LogP contribution >= 0.6 is 23.2 Å². The smallest absolute Gasteiger partial charge is 0.408 e. The molecule has 0 bridgehead atoms. The second kappa shape index (κ2) is 14.7. The van der Waals surface area contributed by atoms with Crippen LogP contribution in [0, 0.1) is 23.7 Å². The number of allylic oxidation sites excluding steroid dienone is 1. The summed E-state index contributed by atoms with van der Waals surface area (Å²) >= 11 is 13.1. The molecule has 0 aromatic carbocycles. The second-order valence-corrected chi connectivity index (χ2v) is 14.7. The van der Waals surface area contributed by atoms with E-state index in [0.717, 1.165) is 44.9 Å². The largest absolute Gasteiger partial charge is 0.444 e. The molecule has 5 atom stereocenters. The van der Waals surface area contributed by atoms with E-state index in [1.54, 1.807) is 26.8 Å². The highest BCUT2D eigenvalue weighted by Gasteiger charge is 2.73. The Bertz CT molecular complexity index is 1030. The lowest BCUT2D eigenvalue weighted by atomic mass is 9.83. The van der Waals surface area contributed by atoms with Gasteiger partial charge in [0, 0.05) is 37.1 Å². The first-order chi connectivity index (χ1) is 19.7. The third-order valence-corrected chi connectivity index (χ3v) is 9.89. The number of hydrogen-bond acceptors (Lipinski definition) is 6. The van der Waals surface area contributed by atoms with Gasteiger partial charge in [0.2, 0.25) is 11.7 Å². The van der Waals surface area contributed by atoms with Gasteiger partial charge < -0.3 is 15.0 Å². The number of likely N-dealkylation sites (tertiary alicyclic amines) is 1. The van der Waals surface area contributed by atoms with Crippen LogP contribution in [-0.4, -0.2) is 62.8 Å². The van der Waals surface area contributed by atoms with E-state index in [2.05, 4.69) is 11.9 Å². The fraction of sp³-hybridized carbons (Fsp3) is 0.781. The van der Waals surface area contributed by atoms with Gasteiger partial charge in [0.25, 0.3) is 0 Å². The van der Waals surface area contributed by atoms with Crippen molar-refractivity contribution in [3.63, 3.8) is 0 Å². The summed E-state index contributed by atoms with van der Waals surface area (Å²) in [5.74, 6) is -3.34. The number of hydrogen-bond donors (Lipinski definition) is 1. The van der Waals surface area contributed by atoms with E-state index in [1.807, 2.05) is 6.92 Å². The average molecular weight is 628 g/mol. The fourth-order valence-electron chi connectivity index (χ4n) is 6.56. The van der Waals surface area contributed by atoms with E-state index in [-0.39, 0.29) is 42.9 Å². The van der Waals surface area contributed by atoms with E-state index in [4.69, 9.17) is 27.9 Å². The van der Waals surface area contributed by atoms with Crippen LogP contribution < -0.4 is 5.32 Å². The maximum absolute atomic E-state index is 14.2. The van der Waals surface area contributed by atoms with Crippen molar-refractivity contribution in [2.24, 2.45) is 23.7 Å². The predicted octanol–water partition coefficient (Wildman–Crippen LogP) is 6.35. The minimum absolute atomic E-state index is 0.0918. The van der Waals surface area contributed by atoms with Crippen molar-refractivity contribution in [1.82, 2.24) is 10.2 Å². The molecule has 3 aliphatic rings. The quantitative estimate of drug-likeness (QED) is 0.0981. The molecule has 0 radical (unpaired) electrons. The molecule has 1 heterocycles. The molecule has 3 rings (SSSR count). The molecule has 0 spiro atoms. The van der Waals surface area contributed by atoms with Crippen molar-refractivity contribution in [2.45, 2.75) is 127 Å². The van der Waals surface area contributed by atoms with Crippen molar-refractivity contribution in [2.75, 3.05) is 6.54 Å². The molecule has 8 nitrogen and oxygen atoms in total. The Labute approximate surface area is 260 Å². The molecule has 10 heteroatoms. The Morgan fingerprint density at radius 1 is 1.10 bits per heavy atom. The first-order valence-electron chi connectivity index (χ1n) is 15.6. The van der Waals surface area contributed by atoms with E-state index in [1.165, 1.54) is 4.90 Å². The van der Waals surface area contributed by atoms with Gasteiger partial charge in [-0.1, -0.05) is 45.1 Å². The van der Waals surface area contributed by atoms with Crippen molar-refractivity contribution in [3.05, 3.63) is 12.7 Å². The molecule has 2 saturated carbocycles. The fourth-order valence-corrected chi connectivity index (χ4v) is 7.39. The van der Waals surface area contributed by atoms with Gasteiger partial charge in [0.1, 0.15) is 16.0 Å². The molecule has 3 fully saturated rings. The number of carbonyl (C=O) groups is 5. The Morgan fingerprint density at radius 2 is 1.76 bits per heavy atom. The molecule has 2 aliphatic carbocycles. The number of Topliss-reactive ketones (excluding diaryl/α,β-unsaturated/α-hetero) is 3. The number of carbonyl (C=O) groups excluding carboxylic acids is 5. The molecule has 1 aliphatic heterocycles. The number of fused-ring (bicyclic) bond motifs is 1. The predicted molar refractivity (Wildman–Crippen MR) is 163 cm³/mol. The number of alkyl carbamates (subject to hydrolysis) is 1. The van der Waals surface area contributed by atoms with Crippen LogP contribution in [0.15, 0.2) is 12.7 Å². The van der Waals surface area contributed by atoms with E-state index in [9.17, 15) is 24.0 Å². The van der Waals surface area contributed by atoms with Gasteiger partial charge in [0.05, 0.1) is 6.04 Å². The van der Waals surface area contributed by atoms with Crippen molar-refractivity contribution in [3.8, 4) is 0 Å². The van der Waals surface area contributed by atoms with Crippen LogP contribution in [0.3, 0.4) is 0 Å². The molecular formula is C32H48Cl2N2O6. The van der Waals surface area contributed by atoms with Gasteiger partial charge in [-0.25, -0.2) is 4.79 Å². The Balaban J connectivity index is 1.83. The van der Waals surface area contributed by atoms with Crippen LogP contribution in [0.4, 0.5) is 4.79 Å². The van der Waals surface area contributed by atoms with Crippen LogP contribution in [0.25, 0.3) is 0 Å². The molecule has 42 heavy (non-hydrogen) atoms. The maximum atomic E-state index is 14.2. The minimum Gasteiger partial charge on any atom is -0.444 e. The number of alkyl halides is 2. The maximum Gasteiger partial charge on any atom is 0.408 e. The van der Waals surface area contributed by atoms with Crippen LogP contribution in [-0.2, 0) is 23.9 Å². The summed E-state index contributed by atoms with van der Waals surface area (Å²) in [6.45, 7) is 11.2. The van der Waals surface area contributed by atoms with Crippen LogP contribution in [0.2, 0.25) is 0 Å².